The number of ether oxygens (including phenoxy) is 1. The summed E-state index contributed by atoms with van der Waals surface area (Å²) in [5.74, 6) is 0. The molecule has 21 heavy (non-hydrogen) atoms. The van der Waals surface area contributed by atoms with E-state index in [1.807, 2.05) is 74.5 Å². The molecule has 0 unspecified atom stereocenters. The van der Waals surface area contributed by atoms with Gasteiger partial charge < -0.3 is 4.74 Å². The molecule has 0 amide bonds. The molecule has 0 N–H and O–H groups in total. The van der Waals surface area contributed by atoms with E-state index in [-0.39, 0.29) is 0 Å². The second-order valence-electron chi connectivity index (χ2n) is 6.19. The quantitative estimate of drug-likeness (QED) is 0.845. The van der Waals surface area contributed by atoms with Crippen molar-refractivity contribution in [3.63, 3.8) is 0 Å². The third-order valence-corrected chi connectivity index (χ3v) is 4.17. The summed E-state index contributed by atoms with van der Waals surface area (Å²) in [4.78, 5) is 0. The molecule has 0 spiro atoms. The van der Waals surface area contributed by atoms with Crippen molar-refractivity contribution in [3.05, 3.63) is 71.8 Å². The second-order valence-corrected chi connectivity index (χ2v) is 6.19. The molecule has 3 nitrogen and oxygen atoms in total. The lowest BCUT2D eigenvalue weighted by atomic mass is 9.79. The molecule has 1 aliphatic rings. The smallest absolute Gasteiger partial charge is 0.123 e. The van der Waals surface area contributed by atoms with Crippen LogP contribution in [0.15, 0.2) is 60.7 Å². The van der Waals surface area contributed by atoms with Gasteiger partial charge in [0.25, 0.3) is 0 Å². The van der Waals surface area contributed by atoms with Crippen LogP contribution in [0.5, 0.6) is 0 Å². The number of rotatable bonds is 2. The van der Waals surface area contributed by atoms with E-state index < -0.39 is 11.1 Å². The maximum absolute atomic E-state index is 13.2. The lowest BCUT2D eigenvalue weighted by Crippen LogP contribution is -2.62. The van der Waals surface area contributed by atoms with Crippen molar-refractivity contribution in [2.24, 2.45) is 0 Å². The summed E-state index contributed by atoms with van der Waals surface area (Å²) >= 11 is 0. The number of nitrogens with zero attached hydrogens (tertiary/aromatic N) is 1. The second kappa shape index (κ2) is 5.26. The third kappa shape index (κ3) is 2.27. The average molecular weight is 282 g/mol. The first-order valence-electron chi connectivity index (χ1n) is 7.24. The fraction of sp³-hybridized carbons (Fsp3) is 0.333. The van der Waals surface area contributed by atoms with E-state index in [4.69, 9.17) is 4.74 Å². The van der Waals surface area contributed by atoms with E-state index in [0.29, 0.717) is 13.2 Å². The van der Waals surface area contributed by atoms with E-state index in [9.17, 15) is 5.21 Å². The molecule has 109 valence electrons. The predicted molar refractivity (Wildman–Crippen MR) is 81.1 cm³/mol. The van der Waals surface area contributed by atoms with Gasteiger partial charge in [0.05, 0.1) is 18.8 Å². The zero-order valence-corrected chi connectivity index (χ0v) is 12.5. The Labute approximate surface area is 125 Å². The molecule has 3 heteroatoms. The maximum Gasteiger partial charge on any atom is 0.123 e. The molecule has 1 heterocycles. The van der Waals surface area contributed by atoms with Gasteiger partial charge in [-0.25, -0.2) is 0 Å². The Bertz CT molecular complexity index is 556. The van der Waals surface area contributed by atoms with Crippen LogP contribution in [-0.4, -0.2) is 23.8 Å². The van der Waals surface area contributed by atoms with Crippen LogP contribution in [0.4, 0.5) is 0 Å². The first kappa shape index (κ1) is 14.3. The molecule has 1 saturated heterocycles. The minimum atomic E-state index is -0.787. The summed E-state index contributed by atoms with van der Waals surface area (Å²) in [5.41, 5.74) is 0.590. The van der Waals surface area contributed by atoms with E-state index in [1.54, 1.807) is 0 Å². The SMILES string of the molecule is CC1(C)COCC(c2ccccc2)(c2ccccc2)N1[O]. The van der Waals surface area contributed by atoms with Gasteiger partial charge in [-0.1, -0.05) is 60.7 Å². The lowest BCUT2D eigenvalue weighted by Gasteiger charge is -2.50. The Hall–Kier alpha value is -1.68. The van der Waals surface area contributed by atoms with E-state index >= 15 is 0 Å². The summed E-state index contributed by atoms with van der Waals surface area (Å²) in [6, 6.07) is 19.8. The van der Waals surface area contributed by atoms with Crippen molar-refractivity contribution in [2.75, 3.05) is 13.2 Å². The van der Waals surface area contributed by atoms with Gasteiger partial charge in [0.2, 0.25) is 0 Å². The molecule has 1 fully saturated rings. The minimum absolute atomic E-state index is 0.369. The first-order chi connectivity index (χ1) is 10.1. The van der Waals surface area contributed by atoms with Gasteiger partial charge in [0.15, 0.2) is 0 Å². The Morgan fingerprint density at radius 1 is 0.857 bits per heavy atom. The Balaban J connectivity index is 2.21. The Morgan fingerprint density at radius 3 is 1.81 bits per heavy atom. The van der Waals surface area contributed by atoms with Crippen LogP contribution in [0.25, 0.3) is 0 Å². The van der Waals surface area contributed by atoms with Crippen LogP contribution in [-0.2, 0) is 15.5 Å². The van der Waals surface area contributed by atoms with Gasteiger partial charge in [-0.05, 0) is 25.0 Å². The normalized spacial score (nSPS) is 21.1. The van der Waals surface area contributed by atoms with Gasteiger partial charge in [0, 0.05) is 0 Å². The molecular formula is C18H20NO2. The van der Waals surface area contributed by atoms with Crippen LogP contribution in [0.3, 0.4) is 0 Å². The van der Waals surface area contributed by atoms with Gasteiger partial charge in [0.1, 0.15) is 5.54 Å². The third-order valence-electron chi connectivity index (χ3n) is 4.17. The van der Waals surface area contributed by atoms with E-state index in [1.165, 1.54) is 5.06 Å². The zero-order chi connectivity index (χ0) is 14.9. The van der Waals surface area contributed by atoms with Crippen molar-refractivity contribution < 1.29 is 9.94 Å². The summed E-state index contributed by atoms with van der Waals surface area (Å²) in [6.07, 6.45) is 0. The fourth-order valence-corrected chi connectivity index (χ4v) is 3.08. The van der Waals surface area contributed by atoms with Gasteiger partial charge in [-0.15, -0.1) is 10.3 Å². The first-order valence-corrected chi connectivity index (χ1v) is 7.24. The number of hydrogen-bond donors (Lipinski definition) is 0. The van der Waals surface area contributed by atoms with Gasteiger partial charge >= 0.3 is 0 Å². The predicted octanol–water partition coefficient (Wildman–Crippen LogP) is 3.39. The van der Waals surface area contributed by atoms with Crippen LogP contribution >= 0.6 is 0 Å². The highest BCUT2D eigenvalue weighted by molar-refractivity contribution is 5.39. The summed E-state index contributed by atoms with van der Waals surface area (Å²) in [7, 11) is 0. The molecule has 0 saturated carbocycles. The zero-order valence-electron chi connectivity index (χ0n) is 12.5. The van der Waals surface area contributed by atoms with Crippen LogP contribution in [0.1, 0.15) is 25.0 Å². The molecule has 2 aromatic rings. The summed E-state index contributed by atoms with van der Waals surface area (Å²) in [5, 5.41) is 14.4. The maximum atomic E-state index is 13.2. The largest absolute Gasteiger partial charge is 0.377 e. The number of benzene rings is 2. The number of morpholine rings is 1. The highest BCUT2D eigenvalue weighted by atomic mass is 16.5. The van der Waals surface area contributed by atoms with E-state index in [2.05, 4.69) is 0 Å². The van der Waals surface area contributed by atoms with Crippen molar-refractivity contribution in [3.8, 4) is 0 Å². The monoisotopic (exact) mass is 282 g/mol. The molecule has 0 atom stereocenters. The minimum Gasteiger partial charge on any atom is -0.377 e. The molecule has 2 aromatic carbocycles. The lowest BCUT2D eigenvalue weighted by molar-refractivity contribution is -0.318. The molecule has 1 radical (unpaired) electrons. The van der Waals surface area contributed by atoms with Crippen molar-refractivity contribution in [1.29, 1.82) is 0 Å². The number of hydrogen-bond acceptors (Lipinski definition) is 2. The van der Waals surface area contributed by atoms with Crippen LogP contribution in [0, 0.1) is 0 Å². The van der Waals surface area contributed by atoms with Gasteiger partial charge in [-0.3, -0.25) is 0 Å². The average Bonchev–Trinajstić information content (AvgIpc) is 2.52. The fourth-order valence-electron chi connectivity index (χ4n) is 3.08. The molecule has 0 bridgehead atoms. The van der Waals surface area contributed by atoms with Crippen LogP contribution < -0.4 is 0 Å². The highest BCUT2D eigenvalue weighted by Gasteiger charge is 2.51. The van der Waals surface area contributed by atoms with E-state index in [0.717, 1.165) is 11.1 Å². The van der Waals surface area contributed by atoms with Crippen molar-refractivity contribution >= 4 is 0 Å². The van der Waals surface area contributed by atoms with Gasteiger partial charge in [-0.2, -0.15) is 0 Å². The molecular weight excluding hydrogens is 262 g/mol. The Morgan fingerprint density at radius 2 is 1.33 bits per heavy atom. The molecule has 0 aromatic heterocycles. The molecule has 0 aliphatic carbocycles. The standard InChI is InChI=1S/C18H20NO2/c1-17(2)13-21-14-18(19(17)20,15-9-5-3-6-10-15)16-11-7-4-8-12-16/h3-12H,13-14H2,1-2H3. The van der Waals surface area contributed by atoms with Crippen LogP contribution in [0.2, 0.25) is 0 Å². The van der Waals surface area contributed by atoms with Crippen molar-refractivity contribution in [2.45, 2.75) is 24.9 Å². The molecule has 3 rings (SSSR count). The highest BCUT2D eigenvalue weighted by Crippen LogP contribution is 2.42. The van der Waals surface area contributed by atoms with Crippen molar-refractivity contribution in [1.82, 2.24) is 5.06 Å². The summed E-state index contributed by atoms with van der Waals surface area (Å²) < 4.78 is 5.84. The molecule has 1 aliphatic heterocycles. The summed E-state index contributed by atoms with van der Waals surface area (Å²) in [6.45, 7) is 4.67. The topological polar surface area (TPSA) is 32.4 Å². The Kier molecular flexibility index (Phi) is 3.57. The number of hydroxylamine groups is 2.